The van der Waals surface area contributed by atoms with E-state index in [-0.39, 0.29) is 11.7 Å². The van der Waals surface area contributed by atoms with E-state index < -0.39 is 0 Å². The van der Waals surface area contributed by atoms with Gasteiger partial charge >= 0.3 is 0 Å². The van der Waals surface area contributed by atoms with Crippen molar-refractivity contribution in [2.45, 2.75) is 6.42 Å². The van der Waals surface area contributed by atoms with Gasteiger partial charge < -0.3 is 9.80 Å². The first kappa shape index (κ1) is 16.0. The molecule has 3 aromatic rings. The second-order valence-corrected chi connectivity index (χ2v) is 7.15. The van der Waals surface area contributed by atoms with Gasteiger partial charge in [-0.1, -0.05) is 41.7 Å². The van der Waals surface area contributed by atoms with E-state index >= 15 is 0 Å². The molecule has 6 heteroatoms. The fourth-order valence-electron chi connectivity index (χ4n) is 3.05. The van der Waals surface area contributed by atoms with Gasteiger partial charge in [-0.15, -0.1) is 0 Å². The highest BCUT2D eigenvalue weighted by Crippen LogP contribution is 2.29. The Balaban J connectivity index is 1.39. The molecule has 2 aromatic carbocycles. The van der Waals surface area contributed by atoms with Crippen molar-refractivity contribution in [3.8, 4) is 0 Å². The van der Waals surface area contributed by atoms with Gasteiger partial charge in [0.2, 0.25) is 5.91 Å². The summed E-state index contributed by atoms with van der Waals surface area (Å²) >= 11 is 1.50. The number of aromatic nitrogens is 1. The Bertz CT molecular complexity index is 888. The Morgan fingerprint density at radius 2 is 1.84 bits per heavy atom. The van der Waals surface area contributed by atoms with Crippen LogP contribution in [0.1, 0.15) is 5.56 Å². The number of carbonyl (C=O) groups excluding carboxylic acids is 1. The number of benzene rings is 2. The molecular weight excluding hydrogens is 337 g/mol. The lowest BCUT2D eigenvalue weighted by molar-refractivity contribution is -0.130. The van der Waals surface area contributed by atoms with Crippen LogP contribution in [0, 0.1) is 5.82 Å². The summed E-state index contributed by atoms with van der Waals surface area (Å²) in [5.74, 6) is -0.0729. The largest absolute Gasteiger partial charge is 0.345 e. The molecule has 4 nitrogen and oxygen atoms in total. The van der Waals surface area contributed by atoms with Crippen LogP contribution in [0.25, 0.3) is 10.2 Å². The fourth-order valence-corrected chi connectivity index (χ4v) is 4.09. The van der Waals surface area contributed by atoms with E-state index in [1.807, 2.05) is 35.2 Å². The zero-order valence-corrected chi connectivity index (χ0v) is 14.5. The van der Waals surface area contributed by atoms with Crippen LogP contribution in [-0.2, 0) is 11.2 Å². The number of halogens is 1. The molecule has 128 valence electrons. The minimum atomic E-state index is -0.237. The van der Waals surface area contributed by atoms with E-state index in [0.29, 0.717) is 19.5 Å². The molecule has 1 saturated heterocycles. The molecule has 1 aliphatic rings. The molecular formula is C19H18FN3OS. The number of thiazole rings is 1. The highest BCUT2D eigenvalue weighted by atomic mass is 32.1. The van der Waals surface area contributed by atoms with Crippen molar-refractivity contribution in [3.63, 3.8) is 0 Å². The van der Waals surface area contributed by atoms with Crippen molar-refractivity contribution in [2.75, 3.05) is 31.1 Å². The third-order valence-corrected chi connectivity index (χ3v) is 5.52. The quantitative estimate of drug-likeness (QED) is 0.723. The minimum absolute atomic E-state index is 0.164. The number of nitrogens with zero attached hydrogens (tertiary/aromatic N) is 3. The summed E-state index contributed by atoms with van der Waals surface area (Å²) in [6.45, 7) is 2.89. The maximum atomic E-state index is 13.3. The molecule has 0 radical (unpaired) electrons. The normalized spacial score (nSPS) is 14.9. The van der Waals surface area contributed by atoms with Crippen LogP contribution in [0.2, 0.25) is 0 Å². The number of hydrogen-bond acceptors (Lipinski definition) is 4. The van der Waals surface area contributed by atoms with Crippen LogP contribution in [-0.4, -0.2) is 42.0 Å². The first-order valence-electron chi connectivity index (χ1n) is 8.32. The zero-order chi connectivity index (χ0) is 17.2. The molecule has 0 unspecified atom stereocenters. The Kier molecular flexibility index (Phi) is 4.36. The molecule has 0 N–H and O–H groups in total. The van der Waals surface area contributed by atoms with Crippen molar-refractivity contribution in [1.82, 2.24) is 9.88 Å². The van der Waals surface area contributed by atoms with Gasteiger partial charge in [-0.3, -0.25) is 4.79 Å². The number of rotatable bonds is 3. The predicted octanol–water partition coefficient (Wildman–Crippen LogP) is 3.33. The molecule has 4 rings (SSSR count). The van der Waals surface area contributed by atoms with Crippen molar-refractivity contribution in [3.05, 3.63) is 59.9 Å². The summed E-state index contributed by atoms with van der Waals surface area (Å²) < 4.78 is 14.2. The number of fused-ring (bicyclic) bond motifs is 1. The standard InChI is InChI=1S/C19H18FN3OS/c20-15-6-7-16-17(13-15)25-19(21-16)23-10-8-22(9-11-23)18(24)12-14-4-2-1-3-5-14/h1-7,13H,8-12H2. The van der Waals surface area contributed by atoms with E-state index in [4.69, 9.17) is 0 Å². The monoisotopic (exact) mass is 355 g/mol. The van der Waals surface area contributed by atoms with Crippen LogP contribution >= 0.6 is 11.3 Å². The lowest BCUT2D eigenvalue weighted by atomic mass is 10.1. The summed E-state index contributed by atoms with van der Waals surface area (Å²) in [5.41, 5.74) is 1.87. The molecule has 1 fully saturated rings. The van der Waals surface area contributed by atoms with Crippen LogP contribution in [0.5, 0.6) is 0 Å². The van der Waals surface area contributed by atoms with Gasteiger partial charge in [0.25, 0.3) is 0 Å². The first-order valence-corrected chi connectivity index (χ1v) is 9.13. The zero-order valence-electron chi connectivity index (χ0n) is 13.7. The Hall–Kier alpha value is -2.47. The third-order valence-electron chi connectivity index (χ3n) is 4.44. The predicted molar refractivity (Wildman–Crippen MR) is 98.5 cm³/mol. The lowest BCUT2D eigenvalue weighted by Crippen LogP contribution is -2.49. The third kappa shape index (κ3) is 3.49. The average Bonchev–Trinajstić information content (AvgIpc) is 3.06. The molecule has 0 spiro atoms. The topological polar surface area (TPSA) is 36.4 Å². The van der Waals surface area contributed by atoms with E-state index in [0.717, 1.165) is 34.0 Å². The van der Waals surface area contributed by atoms with Crippen molar-refractivity contribution in [1.29, 1.82) is 0 Å². The molecule has 0 aliphatic carbocycles. The van der Waals surface area contributed by atoms with Gasteiger partial charge in [0.1, 0.15) is 5.82 Å². The molecule has 0 bridgehead atoms. The minimum Gasteiger partial charge on any atom is -0.345 e. The van der Waals surface area contributed by atoms with E-state index in [1.165, 1.54) is 23.5 Å². The van der Waals surface area contributed by atoms with E-state index in [9.17, 15) is 9.18 Å². The average molecular weight is 355 g/mol. The van der Waals surface area contributed by atoms with Gasteiger partial charge in [0, 0.05) is 26.2 Å². The second-order valence-electron chi connectivity index (χ2n) is 6.14. The van der Waals surface area contributed by atoms with Gasteiger partial charge in [-0.2, -0.15) is 0 Å². The number of anilines is 1. The van der Waals surface area contributed by atoms with Crippen molar-refractivity contribution < 1.29 is 9.18 Å². The van der Waals surface area contributed by atoms with Gasteiger partial charge in [0.15, 0.2) is 5.13 Å². The van der Waals surface area contributed by atoms with Crippen LogP contribution in [0.15, 0.2) is 48.5 Å². The van der Waals surface area contributed by atoms with Crippen molar-refractivity contribution in [2.24, 2.45) is 0 Å². The van der Waals surface area contributed by atoms with Gasteiger partial charge in [-0.25, -0.2) is 9.37 Å². The van der Waals surface area contributed by atoms with E-state index in [1.54, 1.807) is 6.07 Å². The first-order chi connectivity index (χ1) is 12.2. The molecule has 1 aromatic heterocycles. The number of hydrogen-bond donors (Lipinski definition) is 0. The summed E-state index contributed by atoms with van der Waals surface area (Å²) in [7, 11) is 0. The Morgan fingerprint density at radius 1 is 1.08 bits per heavy atom. The van der Waals surface area contributed by atoms with Crippen LogP contribution in [0.4, 0.5) is 9.52 Å². The molecule has 1 amide bonds. The van der Waals surface area contributed by atoms with Crippen LogP contribution in [0.3, 0.4) is 0 Å². The van der Waals surface area contributed by atoms with Gasteiger partial charge in [0.05, 0.1) is 16.6 Å². The molecule has 0 atom stereocenters. The molecule has 2 heterocycles. The Morgan fingerprint density at radius 3 is 2.60 bits per heavy atom. The maximum absolute atomic E-state index is 13.3. The Labute approximate surface area is 149 Å². The summed E-state index contributed by atoms with van der Waals surface area (Å²) in [6, 6.07) is 14.5. The molecule has 25 heavy (non-hydrogen) atoms. The van der Waals surface area contributed by atoms with Gasteiger partial charge in [-0.05, 0) is 23.8 Å². The molecule has 1 aliphatic heterocycles. The lowest BCUT2D eigenvalue weighted by Gasteiger charge is -2.34. The summed E-state index contributed by atoms with van der Waals surface area (Å²) in [6.07, 6.45) is 0.446. The summed E-state index contributed by atoms with van der Waals surface area (Å²) in [4.78, 5) is 21.1. The van der Waals surface area contributed by atoms with Crippen LogP contribution < -0.4 is 4.90 Å². The molecule has 0 saturated carbocycles. The van der Waals surface area contributed by atoms with Crippen molar-refractivity contribution >= 4 is 32.6 Å². The SMILES string of the molecule is O=C(Cc1ccccc1)N1CCN(c2nc3ccc(F)cc3s2)CC1. The number of carbonyl (C=O) groups is 1. The van der Waals surface area contributed by atoms with E-state index in [2.05, 4.69) is 9.88 Å². The maximum Gasteiger partial charge on any atom is 0.227 e. The highest BCUT2D eigenvalue weighted by Gasteiger charge is 2.23. The second kappa shape index (κ2) is 6.80. The summed E-state index contributed by atoms with van der Waals surface area (Å²) in [5, 5.41) is 0.899. The smallest absolute Gasteiger partial charge is 0.227 e. The highest BCUT2D eigenvalue weighted by molar-refractivity contribution is 7.22. The number of piperazine rings is 1. The number of amides is 1. The fraction of sp³-hybridized carbons (Fsp3) is 0.263.